The summed E-state index contributed by atoms with van der Waals surface area (Å²) in [5.74, 6) is 0.771. The maximum atomic E-state index is 12.7. The summed E-state index contributed by atoms with van der Waals surface area (Å²) in [6.07, 6.45) is 36.6. The van der Waals surface area contributed by atoms with Crippen LogP contribution >= 0.6 is 0 Å². The first-order valence-electron chi connectivity index (χ1n) is 22.8. The van der Waals surface area contributed by atoms with Crippen LogP contribution in [0.3, 0.4) is 0 Å². The van der Waals surface area contributed by atoms with E-state index in [1.165, 1.54) is 135 Å². The van der Waals surface area contributed by atoms with Gasteiger partial charge in [-0.1, -0.05) is 208 Å². The lowest BCUT2D eigenvalue weighted by molar-refractivity contribution is -0.167. The molecule has 52 heavy (non-hydrogen) atoms. The van der Waals surface area contributed by atoms with Crippen LogP contribution in [0.25, 0.3) is 0 Å². The number of carbonyl (C=O) groups is 3. The fourth-order valence-corrected chi connectivity index (χ4v) is 6.72. The second-order valence-electron chi connectivity index (χ2n) is 16.4. The van der Waals surface area contributed by atoms with Crippen molar-refractivity contribution in [2.45, 2.75) is 253 Å². The van der Waals surface area contributed by atoms with Gasteiger partial charge in [0, 0.05) is 19.3 Å². The van der Waals surface area contributed by atoms with Crippen LogP contribution in [0.5, 0.6) is 0 Å². The molecule has 0 saturated heterocycles. The van der Waals surface area contributed by atoms with Gasteiger partial charge in [-0.05, 0) is 31.1 Å². The minimum Gasteiger partial charge on any atom is -0.462 e. The zero-order valence-electron chi connectivity index (χ0n) is 35.4. The summed E-state index contributed by atoms with van der Waals surface area (Å²) in [6, 6.07) is 0. The van der Waals surface area contributed by atoms with E-state index in [9.17, 15) is 14.4 Å². The molecule has 0 aromatic heterocycles. The molecule has 0 aromatic carbocycles. The van der Waals surface area contributed by atoms with Crippen molar-refractivity contribution in [3.8, 4) is 0 Å². The number of carbonyl (C=O) groups excluding carboxylic acids is 3. The largest absolute Gasteiger partial charge is 0.462 e. The van der Waals surface area contributed by atoms with Crippen LogP contribution < -0.4 is 0 Å². The Kier molecular flexibility index (Phi) is 37.9. The molecular weight excluding hydrogens is 648 g/mol. The van der Waals surface area contributed by atoms with Crippen LogP contribution in [0, 0.1) is 11.8 Å². The van der Waals surface area contributed by atoms with Gasteiger partial charge < -0.3 is 14.2 Å². The fraction of sp³-hybridized carbons (Fsp3) is 0.935. The van der Waals surface area contributed by atoms with Crippen molar-refractivity contribution in [1.82, 2.24) is 0 Å². The molecule has 6 nitrogen and oxygen atoms in total. The smallest absolute Gasteiger partial charge is 0.306 e. The lowest BCUT2D eigenvalue weighted by Gasteiger charge is -2.18. The summed E-state index contributed by atoms with van der Waals surface area (Å²) >= 11 is 0. The summed E-state index contributed by atoms with van der Waals surface area (Å²) in [5, 5.41) is 0. The van der Waals surface area contributed by atoms with Crippen molar-refractivity contribution in [1.29, 1.82) is 0 Å². The molecule has 0 radical (unpaired) electrons. The van der Waals surface area contributed by atoms with Gasteiger partial charge in [-0.25, -0.2) is 0 Å². The quantitative estimate of drug-likeness (QED) is 0.0354. The minimum absolute atomic E-state index is 0.0656. The Hall–Kier alpha value is -1.59. The zero-order valence-corrected chi connectivity index (χ0v) is 35.4. The highest BCUT2D eigenvalue weighted by atomic mass is 16.6. The van der Waals surface area contributed by atoms with Crippen LogP contribution in [0.2, 0.25) is 0 Å². The average molecular weight is 737 g/mol. The van der Waals surface area contributed by atoms with Gasteiger partial charge in [0.25, 0.3) is 0 Å². The molecule has 1 unspecified atom stereocenters. The molecule has 0 rings (SSSR count). The van der Waals surface area contributed by atoms with E-state index in [1.807, 2.05) is 0 Å². The second-order valence-corrected chi connectivity index (χ2v) is 16.4. The Morgan fingerprint density at radius 1 is 0.404 bits per heavy atom. The molecule has 0 N–H and O–H groups in total. The van der Waals surface area contributed by atoms with Crippen LogP contribution in [-0.2, 0) is 28.6 Å². The summed E-state index contributed by atoms with van der Waals surface area (Å²) in [6.45, 7) is 11.3. The molecule has 0 saturated carbocycles. The molecule has 0 aromatic rings. The third kappa shape index (κ3) is 38.1. The summed E-state index contributed by atoms with van der Waals surface area (Å²) in [5.41, 5.74) is 0. The number of esters is 3. The number of unbranched alkanes of at least 4 members (excludes halogenated alkanes) is 24. The molecule has 0 bridgehead atoms. The van der Waals surface area contributed by atoms with E-state index >= 15 is 0 Å². The van der Waals surface area contributed by atoms with Crippen molar-refractivity contribution < 1.29 is 28.6 Å². The van der Waals surface area contributed by atoms with Crippen molar-refractivity contribution in [3.05, 3.63) is 0 Å². The average Bonchev–Trinajstić information content (AvgIpc) is 3.12. The highest BCUT2D eigenvalue weighted by Gasteiger charge is 2.19. The van der Waals surface area contributed by atoms with Gasteiger partial charge in [0.2, 0.25) is 0 Å². The Morgan fingerprint density at radius 3 is 1.10 bits per heavy atom. The van der Waals surface area contributed by atoms with Crippen LogP contribution in [0.15, 0.2) is 0 Å². The van der Waals surface area contributed by atoms with Gasteiger partial charge in [0.05, 0.1) is 0 Å². The molecule has 0 aliphatic rings. The number of hydrogen-bond acceptors (Lipinski definition) is 6. The van der Waals surface area contributed by atoms with Crippen LogP contribution in [0.4, 0.5) is 0 Å². The van der Waals surface area contributed by atoms with E-state index in [2.05, 4.69) is 34.6 Å². The van der Waals surface area contributed by atoms with E-state index in [0.717, 1.165) is 69.6 Å². The Balaban J connectivity index is 4.32. The standard InChI is InChI=1S/C46H88O6/c1-6-8-9-10-11-12-13-18-21-28-33-38-46(49)52-43(40-51-45(48)37-32-27-23-22-24-29-34-41(3)4)39-50-44(47)36-31-26-20-17-15-14-16-19-25-30-35-42(5)7-2/h41-43H,6-40H2,1-5H3/t42?,43-/m0/s1. The number of hydrogen-bond donors (Lipinski definition) is 0. The van der Waals surface area contributed by atoms with E-state index < -0.39 is 6.10 Å². The molecule has 0 amide bonds. The van der Waals surface area contributed by atoms with Crippen molar-refractivity contribution >= 4 is 17.9 Å². The number of rotatable bonds is 40. The van der Waals surface area contributed by atoms with Gasteiger partial charge in [-0.15, -0.1) is 0 Å². The predicted octanol–water partition coefficient (Wildman–Crippen LogP) is 14.2. The maximum Gasteiger partial charge on any atom is 0.306 e. The summed E-state index contributed by atoms with van der Waals surface area (Å²) < 4.78 is 16.7. The maximum absolute atomic E-state index is 12.7. The van der Waals surface area contributed by atoms with Crippen LogP contribution in [-0.4, -0.2) is 37.2 Å². The van der Waals surface area contributed by atoms with E-state index in [4.69, 9.17) is 14.2 Å². The van der Waals surface area contributed by atoms with E-state index in [1.54, 1.807) is 0 Å². The molecule has 0 aliphatic carbocycles. The van der Waals surface area contributed by atoms with Gasteiger partial charge >= 0.3 is 17.9 Å². The number of ether oxygens (including phenoxy) is 3. The lowest BCUT2D eigenvalue weighted by atomic mass is 9.99. The molecule has 0 fully saturated rings. The first kappa shape index (κ1) is 50.4. The summed E-state index contributed by atoms with van der Waals surface area (Å²) in [7, 11) is 0. The van der Waals surface area contributed by atoms with Crippen molar-refractivity contribution in [2.75, 3.05) is 13.2 Å². The normalized spacial score (nSPS) is 12.6. The summed E-state index contributed by atoms with van der Waals surface area (Å²) in [4.78, 5) is 37.6. The van der Waals surface area contributed by atoms with E-state index in [0.29, 0.717) is 19.3 Å². The Bertz CT molecular complexity index is 796. The van der Waals surface area contributed by atoms with Gasteiger partial charge in [0.15, 0.2) is 6.10 Å². The third-order valence-corrected chi connectivity index (χ3v) is 10.6. The first-order valence-corrected chi connectivity index (χ1v) is 22.8. The van der Waals surface area contributed by atoms with E-state index in [-0.39, 0.29) is 31.1 Å². The SMILES string of the molecule is CCCCCCCCCCCCCC(=O)O[C@@H](COC(=O)CCCCCCCCCCCCC(C)CC)COC(=O)CCCCCCCCC(C)C. The highest BCUT2D eigenvalue weighted by Crippen LogP contribution is 2.17. The van der Waals surface area contributed by atoms with Crippen molar-refractivity contribution in [2.24, 2.45) is 11.8 Å². The van der Waals surface area contributed by atoms with Gasteiger partial charge in [-0.3, -0.25) is 14.4 Å². The minimum atomic E-state index is -0.760. The molecule has 6 heteroatoms. The van der Waals surface area contributed by atoms with Gasteiger partial charge in [0.1, 0.15) is 13.2 Å². The molecule has 308 valence electrons. The fourth-order valence-electron chi connectivity index (χ4n) is 6.72. The molecular formula is C46H88O6. The third-order valence-electron chi connectivity index (χ3n) is 10.6. The Labute approximate surface area is 323 Å². The lowest BCUT2D eigenvalue weighted by Crippen LogP contribution is -2.30. The second kappa shape index (κ2) is 39.1. The van der Waals surface area contributed by atoms with Crippen LogP contribution in [0.1, 0.15) is 247 Å². The predicted molar refractivity (Wildman–Crippen MR) is 220 cm³/mol. The monoisotopic (exact) mass is 737 g/mol. The molecule has 0 spiro atoms. The molecule has 0 aliphatic heterocycles. The first-order chi connectivity index (χ1) is 25.3. The van der Waals surface area contributed by atoms with Gasteiger partial charge in [-0.2, -0.15) is 0 Å². The zero-order chi connectivity index (χ0) is 38.3. The molecule has 2 atom stereocenters. The van der Waals surface area contributed by atoms with Crippen molar-refractivity contribution in [3.63, 3.8) is 0 Å². The molecule has 0 heterocycles. The highest BCUT2D eigenvalue weighted by molar-refractivity contribution is 5.71. The Morgan fingerprint density at radius 2 is 0.731 bits per heavy atom. The topological polar surface area (TPSA) is 78.9 Å².